The van der Waals surface area contributed by atoms with Gasteiger partial charge in [-0.05, 0) is 6.42 Å². The average Bonchev–Trinajstić information content (AvgIpc) is 2.59. The largest absolute Gasteiger partial charge is 0.396 e. The van der Waals surface area contributed by atoms with Crippen LogP contribution >= 0.6 is 0 Å². The van der Waals surface area contributed by atoms with E-state index in [0.29, 0.717) is 39.6 Å². The Bertz CT molecular complexity index is 316. The van der Waals surface area contributed by atoms with E-state index in [0.717, 1.165) is 12.8 Å². The molecule has 1 fully saturated rings. The Labute approximate surface area is 144 Å². The molecule has 8 heteroatoms. The summed E-state index contributed by atoms with van der Waals surface area (Å²) in [6, 6.07) is -0.215. The van der Waals surface area contributed by atoms with Crippen molar-refractivity contribution in [2.75, 3.05) is 66.1 Å². The van der Waals surface area contributed by atoms with E-state index >= 15 is 0 Å². The van der Waals surface area contributed by atoms with Crippen LogP contribution in [0.2, 0.25) is 0 Å². The number of ether oxygens (including phenoxy) is 4. The van der Waals surface area contributed by atoms with Crippen molar-refractivity contribution < 1.29 is 29.2 Å². The zero-order valence-electron chi connectivity index (χ0n) is 14.7. The maximum atomic E-state index is 9.90. The second kappa shape index (κ2) is 11.3. The third-order valence-electron chi connectivity index (χ3n) is 4.32. The average molecular weight is 350 g/mol. The third kappa shape index (κ3) is 6.89. The number of nitrogens with two attached hydrogens (primary N) is 2. The van der Waals surface area contributed by atoms with Crippen molar-refractivity contribution >= 4 is 0 Å². The van der Waals surface area contributed by atoms with Gasteiger partial charge >= 0.3 is 0 Å². The lowest BCUT2D eigenvalue weighted by Crippen LogP contribution is -2.53. The maximum absolute atomic E-state index is 9.90. The molecular formula is C16H34N2O6. The monoisotopic (exact) mass is 350 g/mol. The summed E-state index contributed by atoms with van der Waals surface area (Å²) in [5, 5.41) is 19.3. The summed E-state index contributed by atoms with van der Waals surface area (Å²) in [4.78, 5) is 0. The summed E-state index contributed by atoms with van der Waals surface area (Å²) >= 11 is 0. The standard InChI is InChI=1S/C16H34N2O6/c1-2-3-14(17)15(8-19)10-21-4-6-23-12-16(18,9-20)13-24-7-5-22-11-15/h14,19-20H,2-13,17-18H2,1H3. The van der Waals surface area contributed by atoms with Crippen LogP contribution in [-0.2, 0) is 18.9 Å². The molecule has 1 rings (SSSR count). The second-order valence-electron chi connectivity index (χ2n) is 6.65. The quantitative estimate of drug-likeness (QED) is 0.490. The Morgan fingerprint density at radius 3 is 1.71 bits per heavy atom. The van der Waals surface area contributed by atoms with Crippen LogP contribution in [0, 0.1) is 5.41 Å². The van der Waals surface area contributed by atoms with E-state index in [9.17, 15) is 10.2 Å². The van der Waals surface area contributed by atoms with E-state index in [1.165, 1.54) is 0 Å². The highest BCUT2D eigenvalue weighted by Crippen LogP contribution is 2.25. The number of rotatable bonds is 5. The van der Waals surface area contributed by atoms with Gasteiger partial charge in [0.15, 0.2) is 0 Å². The fourth-order valence-electron chi connectivity index (χ4n) is 2.55. The molecule has 1 aliphatic rings. The van der Waals surface area contributed by atoms with Crippen LogP contribution < -0.4 is 11.5 Å². The molecule has 0 aromatic heterocycles. The lowest BCUT2D eigenvalue weighted by molar-refractivity contribution is -0.0935. The minimum atomic E-state index is -0.928. The lowest BCUT2D eigenvalue weighted by Gasteiger charge is -2.37. The summed E-state index contributed by atoms with van der Waals surface area (Å²) in [6.07, 6.45) is 1.71. The molecule has 1 atom stereocenters. The molecule has 1 saturated heterocycles. The Balaban J connectivity index is 2.64. The van der Waals surface area contributed by atoms with Gasteiger partial charge in [-0.3, -0.25) is 0 Å². The molecule has 1 aliphatic heterocycles. The van der Waals surface area contributed by atoms with Gasteiger partial charge in [-0.15, -0.1) is 0 Å². The van der Waals surface area contributed by atoms with Crippen molar-refractivity contribution in [3.63, 3.8) is 0 Å². The van der Waals surface area contributed by atoms with Gasteiger partial charge in [0.2, 0.25) is 0 Å². The number of hydrogen-bond acceptors (Lipinski definition) is 8. The summed E-state index contributed by atoms with van der Waals surface area (Å²) < 4.78 is 22.3. The van der Waals surface area contributed by atoms with Gasteiger partial charge in [0.05, 0.1) is 77.0 Å². The summed E-state index contributed by atoms with van der Waals surface area (Å²) in [6.45, 7) is 4.03. The zero-order valence-corrected chi connectivity index (χ0v) is 14.7. The molecular weight excluding hydrogens is 316 g/mol. The van der Waals surface area contributed by atoms with E-state index in [4.69, 9.17) is 30.4 Å². The molecule has 24 heavy (non-hydrogen) atoms. The van der Waals surface area contributed by atoms with E-state index in [1.54, 1.807) is 0 Å². The summed E-state index contributed by atoms with van der Waals surface area (Å²) in [7, 11) is 0. The van der Waals surface area contributed by atoms with Crippen LogP contribution in [0.4, 0.5) is 0 Å². The molecule has 0 bridgehead atoms. The molecule has 0 spiro atoms. The first-order valence-corrected chi connectivity index (χ1v) is 8.59. The van der Waals surface area contributed by atoms with Gasteiger partial charge in [-0.25, -0.2) is 0 Å². The van der Waals surface area contributed by atoms with Gasteiger partial charge in [-0.2, -0.15) is 0 Å². The fourth-order valence-corrected chi connectivity index (χ4v) is 2.55. The summed E-state index contributed by atoms with van der Waals surface area (Å²) in [5.74, 6) is 0. The van der Waals surface area contributed by atoms with E-state index in [-0.39, 0.29) is 32.5 Å². The first kappa shape index (κ1) is 21.7. The van der Waals surface area contributed by atoms with Crippen LogP contribution in [0.25, 0.3) is 0 Å². The van der Waals surface area contributed by atoms with Crippen molar-refractivity contribution in [2.24, 2.45) is 16.9 Å². The molecule has 0 aromatic rings. The van der Waals surface area contributed by atoms with Crippen LogP contribution in [0.1, 0.15) is 19.8 Å². The Morgan fingerprint density at radius 1 is 0.875 bits per heavy atom. The minimum Gasteiger partial charge on any atom is -0.396 e. The molecule has 0 aromatic carbocycles. The maximum Gasteiger partial charge on any atom is 0.0862 e. The van der Waals surface area contributed by atoms with Crippen molar-refractivity contribution in [1.82, 2.24) is 0 Å². The fraction of sp³-hybridized carbons (Fsp3) is 1.00. The van der Waals surface area contributed by atoms with Crippen LogP contribution in [0.5, 0.6) is 0 Å². The SMILES string of the molecule is CCCC(N)C1(CO)COCCOCC(N)(CO)COCCOC1. The van der Waals surface area contributed by atoms with Gasteiger partial charge in [0.25, 0.3) is 0 Å². The predicted molar refractivity (Wildman–Crippen MR) is 89.7 cm³/mol. The molecule has 6 N–H and O–H groups in total. The van der Waals surface area contributed by atoms with Crippen molar-refractivity contribution in [1.29, 1.82) is 0 Å². The summed E-state index contributed by atoms with van der Waals surface area (Å²) in [5.41, 5.74) is 10.7. The van der Waals surface area contributed by atoms with E-state index in [2.05, 4.69) is 6.92 Å². The first-order chi connectivity index (χ1) is 11.5. The molecule has 0 aliphatic carbocycles. The van der Waals surface area contributed by atoms with E-state index in [1.807, 2.05) is 0 Å². The highest BCUT2D eigenvalue weighted by atomic mass is 16.5. The van der Waals surface area contributed by atoms with Crippen molar-refractivity contribution in [3.8, 4) is 0 Å². The lowest BCUT2D eigenvalue weighted by atomic mass is 9.80. The van der Waals surface area contributed by atoms with Crippen LogP contribution in [0.15, 0.2) is 0 Å². The Hall–Kier alpha value is -0.320. The topological polar surface area (TPSA) is 129 Å². The highest BCUT2D eigenvalue weighted by molar-refractivity contribution is 4.89. The van der Waals surface area contributed by atoms with Gasteiger partial charge < -0.3 is 40.6 Å². The zero-order chi connectivity index (χ0) is 17.9. The number of aliphatic hydroxyl groups is 2. The van der Waals surface area contributed by atoms with Gasteiger partial charge in [-0.1, -0.05) is 13.3 Å². The van der Waals surface area contributed by atoms with Gasteiger partial charge in [0, 0.05) is 6.04 Å². The first-order valence-electron chi connectivity index (χ1n) is 8.59. The molecule has 0 amide bonds. The van der Waals surface area contributed by atoms with E-state index < -0.39 is 11.0 Å². The number of aliphatic hydroxyl groups excluding tert-OH is 2. The molecule has 1 unspecified atom stereocenters. The Morgan fingerprint density at radius 2 is 1.33 bits per heavy atom. The van der Waals surface area contributed by atoms with Crippen LogP contribution in [0.3, 0.4) is 0 Å². The molecule has 1 heterocycles. The predicted octanol–water partition coefficient (Wildman–Crippen LogP) is -1.14. The Kier molecular flexibility index (Phi) is 10.3. The van der Waals surface area contributed by atoms with Crippen molar-refractivity contribution in [2.45, 2.75) is 31.3 Å². The van der Waals surface area contributed by atoms with Crippen molar-refractivity contribution in [3.05, 3.63) is 0 Å². The van der Waals surface area contributed by atoms with Crippen LogP contribution in [-0.4, -0.2) is 87.9 Å². The highest BCUT2D eigenvalue weighted by Gasteiger charge is 2.37. The molecule has 0 saturated carbocycles. The third-order valence-corrected chi connectivity index (χ3v) is 4.32. The second-order valence-corrected chi connectivity index (χ2v) is 6.65. The minimum absolute atomic E-state index is 0.105. The molecule has 8 nitrogen and oxygen atoms in total. The smallest absolute Gasteiger partial charge is 0.0862 e. The normalized spacial score (nSPS) is 32.9. The molecule has 144 valence electrons. The number of hydrogen-bond donors (Lipinski definition) is 4. The van der Waals surface area contributed by atoms with Gasteiger partial charge in [0.1, 0.15) is 0 Å². The molecule has 0 radical (unpaired) electrons.